The summed E-state index contributed by atoms with van der Waals surface area (Å²) in [7, 11) is 0. The number of nitrogens with one attached hydrogen (secondary N) is 1. The maximum atomic E-state index is 12.2. The number of piperidine rings is 1. The maximum absolute atomic E-state index is 12.2. The summed E-state index contributed by atoms with van der Waals surface area (Å²) in [5.74, 6) is 1.60. The molecule has 1 amide bonds. The molecule has 4 nitrogen and oxygen atoms in total. The van der Waals surface area contributed by atoms with E-state index in [1.54, 1.807) is 6.26 Å². The van der Waals surface area contributed by atoms with Crippen LogP contribution in [0.1, 0.15) is 37.1 Å². The van der Waals surface area contributed by atoms with E-state index in [9.17, 15) is 4.79 Å². The molecule has 4 heteroatoms. The number of nitrogens with zero attached hydrogens (tertiary/aromatic N) is 1. The molecule has 1 aliphatic rings. The molecule has 1 fully saturated rings. The molecule has 1 aliphatic heterocycles. The van der Waals surface area contributed by atoms with Crippen molar-refractivity contribution in [3.8, 4) is 0 Å². The van der Waals surface area contributed by atoms with Gasteiger partial charge in [-0.25, -0.2) is 0 Å². The Labute approximate surface area is 143 Å². The third kappa shape index (κ3) is 4.71. The summed E-state index contributed by atoms with van der Waals surface area (Å²) in [5.41, 5.74) is 1.42. The zero-order valence-corrected chi connectivity index (χ0v) is 14.3. The van der Waals surface area contributed by atoms with Crippen molar-refractivity contribution >= 4 is 5.91 Å². The molecule has 1 N–H and O–H groups in total. The van der Waals surface area contributed by atoms with Crippen LogP contribution < -0.4 is 5.32 Å². The number of carbonyl (C=O) groups is 1. The molecule has 0 radical (unpaired) electrons. The van der Waals surface area contributed by atoms with Crippen LogP contribution in [0.2, 0.25) is 0 Å². The summed E-state index contributed by atoms with van der Waals surface area (Å²) in [4.78, 5) is 14.5. The number of amides is 1. The van der Waals surface area contributed by atoms with Gasteiger partial charge in [0.25, 0.3) is 0 Å². The Hall–Kier alpha value is -2.07. The molecule has 2 aromatic rings. The quantitative estimate of drug-likeness (QED) is 0.885. The van der Waals surface area contributed by atoms with E-state index in [0.717, 1.165) is 44.0 Å². The van der Waals surface area contributed by atoms with E-state index in [2.05, 4.69) is 40.5 Å². The van der Waals surface area contributed by atoms with Crippen LogP contribution in [0.3, 0.4) is 0 Å². The molecular formula is C20H26N2O2. The Kier molecular flexibility index (Phi) is 5.70. The molecule has 0 unspecified atom stereocenters. The number of hydrogen-bond acceptors (Lipinski definition) is 3. The summed E-state index contributed by atoms with van der Waals surface area (Å²) >= 11 is 0. The lowest BCUT2D eigenvalue weighted by molar-refractivity contribution is -0.123. The van der Waals surface area contributed by atoms with Gasteiger partial charge in [0.05, 0.1) is 18.8 Å². The highest BCUT2D eigenvalue weighted by atomic mass is 16.3. The van der Waals surface area contributed by atoms with Gasteiger partial charge in [0, 0.05) is 0 Å². The first-order chi connectivity index (χ1) is 11.7. The van der Waals surface area contributed by atoms with E-state index in [0.29, 0.717) is 6.54 Å². The van der Waals surface area contributed by atoms with Crippen LogP contribution >= 0.6 is 0 Å². The molecule has 0 saturated carbocycles. The number of benzene rings is 1. The van der Waals surface area contributed by atoms with E-state index < -0.39 is 0 Å². The molecule has 1 saturated heterocycles. The highest BCUT2D eigenvalue weighted by molar-refractivity contribution is 5.78. The molecule has 1 aromatic carbocycles. The van der Waals surface area contributed by atoms with Gasteiger partial charge in [-0.15, -0.1) is 0 Å². The van der Waals surface area contributed by atoms with Crippen molar-refractivity contribution in [2.24, 2.45) is 5.92 Å². The van der Waals surface area contributed by atoms with Gasteiger partial charge in [-0.1, -0.05) is 30.3 Å². The normalized spacial score (nSPS) is 17.5. The molecule has 0 aliphatic carbocycles. The maximum Gasteiger partial charge on any atom is 0.234 e. The Bertz CT molecular complexity index is 616. The van der Waals surface area contributed by atoms with Crippen LogP contribution in [-0.2, 0) is 11.2 Å². The van der Waals surface area contributed by atoms with Crippen LogP contribution in [0.15, 0.2) is 53.1 Å². The molecule has 1 aromatic heterocycles. The first kappa shape index (κ1) is 16.8. The summed E-state index contributed by atoms with van der Waals surface area (Å²) in [6.45, 7) is 4.42. The second-order valence-electron chi connectivity index (χ2n) is 6.71. The Morgan fingerprint density at radius 1 is 1.21 bits per heavy atom. The average molecular weight is 326 g/mol. The van der Waals surface area contributed by atoms with E-state index in [1.165, 1.54) is 5.56 Å². The predicted octanol–water partition coefficient (Wildman–Crippen LogP) is 3.41. The summed E-state index contributed by atoms with van der Waals surface area (Å²) in [5, 5.41) is 3.01. The van der Waals surface area contributed by atoms with Crippen LogP contribution in [0.25, 0.3) is 0 Å². The predicted molar refractivity (Wildman–Crippen MR) is 94.6 cm³/mol. The molecule has 0 spiro atoms. The second-order valence-corrected chi connectivity index (χ2v) is 6.71. The topological polar surface area (TPSA) is 45.5 Å². The van der Waals surface area contributed by atoms with Crippen molar-refractivity contribution < 1.29 is 9.21 Å². The number of furan rings is 1. The minimum Gasteiger partial charge on any atom is -0.467 e. The molecule has 3 rings (SSSR count). The molecule has 24 heavy (non-hydrogen) atoms. The highest BCUT2D eigenvalue weighted by Crippen LogP contribution is 2.21. The van der Waals surface area contributed by atoms with Crippen LogP contribution in [0.5, 0.6) is 0 Å². The first-order valence-electron chi connectivity index (χ1n) is 8.80. The van der Waals surface area contributed by atoms with E-state index in [4.69, 9.17) is 4.42 Å². The second kappa shape index (κ2) is 8.15. The minimum absolute atomic E-state index is 0.0698. The van der Waals surface area contributed by atoms with Gasteiger partial charge >= 0.3 is 0 Å². The van der Waals surface area contributed by atoms with Crippen LogP contribution in [-0.4, -0.2) is 30.4 Å². The van der Waals surface area contributed by atoms with Crippen molar-refractivity contribution in [2.45, 2.75) is 32.2 Å². The van der Waals surface area contributed by atoms with E-state index >= 15 is 0 Å². The van der Waals surface area contributed by atoms with Gasteiger partial charge in [0.1, 0.15) is 5.76 Å². The third-order valence-corrected chi connectivity index (χ3v) is 4.79. The molecule has 2 heterocycles. The third-order valence-electron chi connectivity index (χ3n) is 4.79. The molecule has 0 bridgehead atoms. The van der Waals surface area contributed by atoms with Crippen molar-refractivity contribution in [3.63, 3.8) is 0 Å². The zero-order chi connectivity index (χ0) is 16.8. The molecular weight excluding hydrogens is 300 g/mol. The van der Waals surface area contributed by atoms with E-state index in [1.807, 2.05) is 19.1 Å². The van der Waals surface area contributed by atoms with Crippen LogP contribution in [0.4, 0.5) is 0 Å². The highest BCUT2D eigenvalue weighted by Gasteiger charge is 2.22. The SMILES string of the molecule is C[C@@H](NC(=O)CN1CCC(Cc2ccccc2)CC1)c1ccco1. The summed E-state index contributed by atoms with van der Waals surface area (Å²) < 4.78 is 5.33. The lowest BCUT2D eigenvalue weighted by Gasteiger charge is -2.31. The van der Waals surface area contributed by atoms with Gasteiger partial charge < -0.3 is 9.73 Å². The fraction of sp³-hybridized carbons (Fsp3) is 0.450. The summed E-state index contributed by atoms with van der Waals surface area (Å²) in [6.07, 6.45) is 5.11. The lowest BCUT2D eigenvalue weighted by Crippen LogP contribution is -2.42. The monoisotopic (exact) mass is 326 g/mol. The first-order valence-corrected chi connectivity index (χ1v) is 8.80. The van der Waals surface area contributed by atoms with E-state index in [-0.39, 0.29) is 11.9 Å². The van der Waals surface area contributed by atoms with Crippen LogP contribution in [0, 0.1) is 5.92 Å². The lowest BCUT2D eigenvalue weighted by atomic mass is 9.90. The Morgan fingerprint density at radius 3 is 2.62 bits per heavy atom. The van der Waals surface area contributed by atoms with Crippen molar-refractivity contribution in [3.05, 3.63) is 60.1 Å². The largest absolute Gasteiger partial charge is 0.467 e. The van der Waals surface area contributed by atoms with Crippen molar-refractivity contribution in [2.75, 3.05) is 19.6 Å². The van der Waals surface area contributed by atoms with Crippen molar-refractivity contribution in [1.29, 1.82) is 0 Å². The number of rotatable bonds is 6. The summed E-state index contributed by atoms with van der Waals surface area (Å²) in [6, 6.07) is 14.3. The van der Waals surface area contributed by atoms with Gasteiger partial charge in [0.2, 0.25) is 5.91 Å². The standard InChI is InChI=1S/C20H26N2O2/c1-16(19-8-5-13-24-19)21-20(23)15-22-11-9-18(10-12-22)14-17-6-3-2-4-7-17/h2-8,13,16,18H,9-12,14-15H2,1H3,(H,21,23)/t16-/m1/s1. The number of hydrogen-bond donors (Lipinski definition) is 1. The Morgan fingerprint density at radius 2 is 1.96 bits per heavy atom. The van der Waals surface area contributed by atoms with Crippen molar-refractivity contribution in [1.82, 2.24) is 10.2 Å². The fourth-order valence-electron chi connectivity index (χ4n) is 3.40. The zero-order valence-electron chi connectivity index (χ0n) is 14.3. The van der Waals surface area contributed by atoms with Gasteiger partial charge in [-0.2, -0.15) is 0 Å². The fourth-order valence-corrected chi connectivity index (χ4v) is 3.40. The number of likely N-dealkylation sites (tertiary alicyclic amines) is 1. The molecule has 128 valence electrons. The van der Waals surface area contributed by atoms with Gasteiger partial charge in [0.15, 0.2) is 0 Å². The average Bonchev–Trinajstić information content (AvgIpc) is 3.12. The minimum atomic E-state index is -0.0804. The number of carbonyl (C=O) groups excluding carboxylic acids is 1. The smallest absolute Gasteiger partial charge is 0.234 e. The Balaban J connectivity index is 1.39. The molecule has 1 atom stereocenters. The van der Waals surface area contributed by atoms with Gasteiger partial charge in [-0.3, -0.25) is 9.69 Å². The van der Waals surface area contributed by atoms with Gasteiger partial charge in [-0.05, 0) is 62.9 Å².